The molecule has 0 radical (unpaired) electrons. The molecular weight excluding hydrogens is 641 g/mol. The Hall–Kier alpha value is -6.49. The molecule has 0 unspecified atom stereocenters. The maximum Gasteiger partial charge on any atom is 0.227 e. The van der Waals surface area contributed by atoms with Crippen molar-refractivity contribution in [3.63, 3.8) is 0 Å². The number of rotatable bonds is 6. The Bertz CT molecular complexity index is 2830. The van der Waals surface area contributed by atoms with E-state index in [1.807, 2.05) is 30.3 Å². The quantitative estimate of drug-likeness (QED) is 0.176. The number of benzene rings is 8. The second kappa shape index (κ2) is 12.1. The molecule has 10 rings (SSSR count). The third-order valence-electron chi connectivity index (χ3n) is 9.71. The molecule has 0 N–H and O–H groups in total. The fraction of sp³-hybridized carbons (Fsp3) is 0. The van der Waals surface area contributed by atoms with E-state index >= 15 is 0 Å². The predicted molar refractivity (Wildman–Crippen MR) is 215 cm³/mol. The molecule has 0 atom stereocenters. The summed E-state index contributed by atoms with van der Waals surface area (Å²) in [7, 11) is 0. The topological polar surface area (TPSA) is 29.3 Å². The van der Waals surface area contributed by atoms with Crippen molar-refractivity contribution in [1.29, 1.82) is 0 Å². The van der Waals surface area contributed by atoms with Crippen molar-refractivity contribution >= 4 is 70.4 Å². The first-order valence-electron chi connectivity index (χ1n) is 17.1. The predicted octanol–water partition coefficient (Wildman–Crippen LogP) is 13.8. The van der Waals surface area contributed by atoms with Gasteiger partial charge in [0.25, 0.3) is 0 Å². The van der Waals surface area contributed by atoms with Crippen LogP contribution in [0.4, 0.5) is 17.1 Å². The van der Waals surface area contributed by atoms with Gasteiger partial charge in [0.1, 0.15) is 5.52 Å². The van der Waals surface area contributed by atoms with Gasteiger partial charge in [0, 0.05) is 38.5 Å². The van der Waals surface area contributed by atoms with Crippen LogP contribution in [0, 0.1) is 0 Å². The average Bonchev–Trinajstić information content (AvgIpc) is 3.81. The van der Waals surface area contributed by atoms with Gasteiger partial charge in [0.05, 0.1) is 10.4 Å². The summed E-state index contributed by atoms with van der Waals surface area (Å²) in [6.45, 7) is 0. The SMILES string of the molecule is c1ccc(-c2ccc(N(c3ccc(-c4cccc5ccccc45)cc3)c3cc4oc(-c5ccccc5)nc4c4c3sc3ccccc34)cc2)cc1. The van der Waals surface area contributed by atoms with Crippen LogP contribution in [0.2, 0.25) is 0 Å². The first-order chi connectivity index (χ1) is 25.3. The highest BCUT2D eigenvalue weighted by Crippen LogP contribution is 2.48. The van der Waals surface area contributed by atoms with Crippen molar-refractivity contribution in [2.45, 2.75) is 0 Å². The molecule has 2 heterocycles. The number of nitrogens with zero attached hydrogens (tertiary/aromatic N) is 2. The summed E-state index contributed by atoms with van der Waals surface area (Å²) in [4.78, 5) is 7.48. The van der Waals surface area contributed by atoms with E-state index in [1.54, 1.807) is 11.3 Å². The van der Waals surface area contributed by atoms with Crippen molar-refractivity contribution in [2.75, 3.05) is 4.90 Å². The summed E-state index contributed by atoms with van der Waals surface area (Å²) >= 11 is 1.80. The number of anilines is 3. The van der Waals surface area contributed by atoms with Crippen molar-refractivity contribution in [3.8, 4) is 33.7 Å². The molecule has 2 aromatic heterocycles. The van der Waals surface area contributed by atoms with Gasteiger partial charge in [-0.25, -0.2) is 4.98 Å². The van der Waals surface area contributed by atoms with Gasteiger partial charge in [-0.15, -0.1) is 11.3 Å². The molecule has 51 heavy (non-hydrogen) atoms. The fourth-order valence-electron chi connectivity index (χ4n) is 7.26. The lowest BCUT2D eigenvalue weighted by Crippen LogP contribution is -2.10. The molecule has 0 bridgehead atoms. The third-order valence-corrected chi connectivity index (χ3v) is 10.9. The first kappa shape index (κ1) is 29.4. The van der Waals surface area contributed by atoms with E-state index in [9.17, 15) is 0 Å². The minimum absolute atomic E-state index is 0.623. The fourth-order valence-corrected chi connectivity index (χ4v) is 8.47. The van der Waals surface area contributed by atoms with Crippen LogP contribution in [0.3, 0.4) is 0 Å². The maximum atomic E-state index is 6.60. The second-order valence-corrected chi connectivity index (χ2v) is 13.8. The average molecular weight is 671 g/mol. The molecule has 4 heteroatoms. The van der Waals surface area contributed by atoms with Crippen LogP contribution in [0.1, 0.15) is 0 Å². The highest BCUT2D eigenvalue weighted by molar-refractivity contribution is 7.26. The van der Waals surface area contributed by atoms with Crippen LogP contribution < -0.4 is 4.90 Å². The van der Waals surface area contributed by atoms with Crippen LogP contribution in [-0.4, -0.2) is 4.98 Å². The minimum atomic E-state index is 0.623. The van der Waals surface area contributed by atoms with E-state index in [-0.39, 0.29) is 0 Å². The van der Waals surface area contributed by atoms with Gasteiger partial charge in [-0.2, -0.15) is 0 Å². The van der Waals surface area contributed by atoms with Crippen LogP contribution >= 0.6 is 11.3 Å². The van der Waals surface area contributed by atoms with Crippen molar-refractivity contribution < 1.29 is 4.42 Å². The molecule has 0 aliphatic heterocycles. The number of oxazole rings is 1. The van der Waals surface area contributed by atoms with Gasteiger partial charge in [-0.3, -0.25) is 0 Å². The molecule has 0 amide bonds. The zero-order valence-corrected chi connectivity index (χ0v) is 28.3. The Balaban J connectivity index is 1.20. The van der Waals surface area contributed by atoms with Gasteiger partial charge in [0.2, 0.25) is 5.89 Å². The summed E-state index contributed by atoms with van der Waals surface area (Å²) in [5, 5.41) is 4.79. The molecule has 0 aliphatic carbocycles. The van der Waals surface area contributed by atoms with Crippen LogP contribution in [0.15, 0.2) is 186 Å². The Morgan fingerprint density at radius 1 is 0.490 bits per heavy atom. The molecule has 240 valence electrons. The van der Waals surface area contributed by atoms with E-state index in [4.69, 9.17) is 9.40 Å². The molecule has 0 saturated carbocycles. The van der Waals surface area contributed by atoms with Crippen LogP contribution in [-0.2, 0) is 0 Å². The van der Waals surface area contributed by atoms with E-state index in [1.165, 1.54) is 47.8 Å². The molecular formula is C47H30N2OS. The largest absolute Gasteiger partial charge is 0.436 e. The molecule has 0 fully saturated rings. The minimum Gasteiger partial charge on any atom is -0.436 e. The van der Waals surface area contributed by atoms with Gasteiger partial charge in [0.15, 0.2) is 5.58 Å². The Labute approximate surface area is 299 Å². The summed E-state index contributed by atoms with van der Waals surface area (Å²) in [6, 6.07) is 64.4. The lowest BCUT2D eigenvalue weighted by atomic mass is 9.98. The summed E-state index contributed by atoms with van der Waals surface area (Å²) in [6.07, 6.45) is 0. The third kappa shape index (κ3) is 5.08. The molecule has 0 saturated heterocycles. The van der Waals surface area contributed by atoms with Crippen molar-refractivity contribution in [1.82, 2.24) is 4.98 Å². The molecule has 10 aromatic rings. The number of aromatic nitrogens is 1. The Morgan fingerprint density at radius 3 is 1.82 bits per heavy atom. The highest BCUT2D eigenvalue weighted by atomic mass is 32.1. The standard InChI is InChI=1S/C47H30N2OS/c1-3-12-31(13-4-1)32-22-26-36(27-23-32)49(37-28-24-34(25-29-37)39-20-11-17-33-14-7-8-18-38(33)39)41-30-42-45(48-47(50-42)35-15-5-2-6-16-35)44-40-19-9-10-21-43(40)51-46(41)44/h1-30H. The normalized spacial score (nSPS) is 11.5. The number of hydrogen-bond acceptors (Lipinski definition) is 4. The van der Waals surface area contributed by atoms with Gasteiger partial charge < -0.3 is 9.32 Å². The Kier molecular flexibility index (Phi) is 7.00. The molecule has 0 aliphatic rings. The van der Waals surface area contributed by atoms with Crippen molar-refractivity contribution in [3.05, 3.63) is 182 Å². The van der Waals surface area contributed by atoms with Crippen molar-refractivity contribution in [2.24, 2.45) is 0 Å². The van der Waals surface area contributed by atoms with Gasteiger partial charge in [-0.1, -0.05) is 133 Å². The van der Waals surface area contributed by atoms with E-state index < -0.39 is 0 Å². The number of thiophene rings is 1. The van der Waals surface area contributed by atoms with E-state index in [0.29, 0.717) is 5.89 Å². The monoisotopic (exact) mass is 670 g/mol. The smallest absolute Gasteiger partial charge is 0.227 e. The zero-order chi connectivity index (χ0) is 33.7. The van der Waals surface area contributed by atoms with Gasteiger partial charge >= 0.3 is 0 Å². The molecule has 0 spiro atoms. The summed E-state index contributed by atoms with van der Waals surface area (Å²) < 4.78 is 8.99. The van der Waals surface area contributed by atoms with Gasteiger partial charge in [-0.05, 0) is 75.5 Å². The lowest BCUT2D eigenvalue weighted by molar-refractivity contribution is 0.620. The van der Waals surface area contributed by atoms with Crippen LogP contribution in [0.5, 0.6) is 0 Å². The summed E-state index contributed by atoms with van der Waals surface area (Å²) in [5.74, 6) is 0.623. The Morgan fingerprint density at radius 2 is 1.08 bits per heavy atom. The molecule has 8 aromatic carbocycles. The first-order valence-corrected chi connectivity index (χ1v) is 17.9. The number of hydrogen-bond donors (Lipinski definition) is 0. The maximum absolute atomic E-state index is 6.60. The van der Waals surface area contributed by atoms with Crippen LogP contribution in [0.25, 0.3) is 75.8 Å². The highest BCUT2D eigenvalue weighted by Gasteiger charge is 2.24. The zero-order valence-electron chi connectivity index (χ0n) is 27.5. The second-order valence-electron chi connectivity index (χ2n) is 12.8. The molecule has 3 nitrogen and oxygen atoms in total. The summed E-state index contributed by atoms with van der Waals surface area (Å²) in [5.41, 5.74) is 10.6. The number of fused-ring (bicyclic) bond motifs is 6. The van der Waals surface area contributed by atoms with E-state index in [0.717, 1.165) is 39.1 Å². The lowest BCUT2D eigenvalue weighted by Gasteiger charge is -2.26. The van der Waals surface area contributed by atoms with E-state index in [2.05, 4.69) is 157 Å².